The molecule has 0 spiro atoms. The highest BCUT2D eigenvalue weighted by Gasteiger charge is 2.29. The molecule has 0 amide bonds. The van der Waals surface area contributed by atoms with Crippen molar-refractivity contribution in [2.45, 2.75) is 18.6 Å². The number of fused-ring (bicyclic) bond motifs is 1. The average molecular weight is 416 g/mol. The van der Waals surface area contributed by atoms with Crippen LogP contribution in [0, 0.1) is 0 Å². The highest BCUT2D eigenvalue weighted by atomic mass is 32.1. The first-order valence-corrected chi connectivity index (χ1v) is 9.89. The second-order valence-electron chi connectivity index (χ2n) is 6.85. The van der Waals surface area contributed by atoms with Gasteiger partial charge in [0.05, 0.1) is 10.4 Å². The number of halogens is 3. The molecule has 0 aliphatic carbocycles. The van der Waals surface area contributed by atoms with E-state index in [0.29, 0.717) is 13.0 Å². The third kappa shape index (κ3) is 4.60. The minimum absolute atomic E-state index is 0.240. The second-order valence-corrected chi connectivity index (χ2v) is 7.88. The molecular weight excluding hydrogens is 397 g/mol. The van der Waals surface area contributed by atoms with E-state index in [4.69, 9.17) is 5.73 Å². The number of anilines is 1. The maximum atomic E-state index is 12.6. The number of alkyl halides is 3. The highest BCUT2D eigenvalue weighted by molar-refractivity contribution is 7.18. The summed E-state index contributed by atoms with van der Waals surface area (Å²) in [4.78, 5) is 8.62. The Labute approximate surface area is 169 Å². The zero-order chi connectivity index (χ0) is 20.4. The third-order valence-corrected chi connectivity index (χ3v) is 5.64. The molecule has 150 valence electrons. The highest BCUT2D eigenvalue weighted by Crippen LogP contribution is 2.31. The van der Waals surface area contributed by atoms with E-state index in [0.717, 1.165) is 44.2 Å². The zero-order valence-electron chi connectivity index (χ0n) is 15.3. The van der Waals surface area contributed by atoms with Gasteiger partial charge in [-0.15, -0.1) is 0 Å². The van der Waals surface area contributed by atoms with Gasteiger partial charge in [0.25, 0.3) is 0 Å². The molecule has 0 aliphatic rings. The summed E-state index contributed by atoms with van der Waals surface area (Å²) >= 11 is 1.54. The van der Waals surface area contributed by atoms with Gasteiger partial charge in [-0.05, 0) is 53.3 Å². The molecule has 2 heterocycles. The van der Waals surface area contributed by atoms with Crippen LogP contribution in [0.4, 0.5) is 18.3 Å². The number of hydrogen-bond donors (Lipinski definition) is 3. The fourth-order valence-electron chi connectivity index (χ4n) is 3.12. The molecular formula is C21H19F3N4S. The summed E-state index contributed by atoms with van der Waals surface area (Å²) in [6.45, 7) is 0.477. The van der Waals surface area contributed by atoms with Crippen molar-refractivity contribution < 1.29 is 13.2 Å². The minimum atomic E-state index is -4.32. The summed E-state index contributed by atoms with van der Waals surface area (Å²) < 4.78 is 37.9. The molecule has 2 aromatic carbocycles. The molecule has 0 aliphatic heterocycles. The second kappa shape index (κ2) is 7.88. The number of hydrogen-bond acceptors (Lipinski definition) is 4. The van der Waals surface area contributed by atoms with Crippen molar-refractivity contribution in [2.24, 2.45) is 5.73 Å². The molecule has 0 fully saturated rings. The average Bonchev–Trinajstić information content (AvgIpc) is 3.35. The van der Waals surface area contributed by atoms with E-state index in [1.807, 2.05) is 30.6 Å². The van der Waals surface area contributed by atoms with Crippen LogP contribution in [0.3, 0.4) is 0 Å². The van der Waals surface area contributed by atoms with Crippen LogP contribution < -0.4 is 11.1 Å². The van der Waals surface area contributed by atoms with Gasteiger partial charge in [-0.25, -0.2) is 4.98 Å². The topological polar surface area (TPSA) is 66.7 Å². The fraction of sp³-hybridized carbons (Fsp3) is 0.190. The largest absolute Gasteiger partial charge is 0.416 e. The Kier molecular flexibility index (Phi) is 5.29. The molecule has 0 unspecified atom stereocenters. The molecule has 0 bridgehead atoms. The number of nitrogens with two attached hydrogens (primary N) is 1. The predicted octanol–water partition coefficient (Wildman–Crippen LogP) is 5.29. The van der Waals surface area contributed by atoms with Crippen LogP contribution in [0.1, 0.15) is 11.1 Å². The van der Waals surface area contributed by atoms with Crippen LogP contribution in [-0.4, -0.2) is 22.6 Å². The predicted molar refractivity (Wildman–Crippen MR) is 111 cm³/mol. The van der Waals surface area contributed by atoms with Crippen molar-refractivity contribution in [1.29, 1.82) is 0 Å². The van der Waals surface area contributed by atoms with E-state index >= 15 is 0 Å². The van der Waals surface area contributed by atoms with Crippen molar-refractivity contribution in [3.63, 3.8) is 0 Å². The summed E-state index contributed by atoms with van der Waals surface area (Å²) in [5.41, 5.74) is 8.44. The smallest absolute Gasteiger partial charge is 0.361 e. The van der Waals surface area contributed by atoms with Crippen LogP contribution >= 0.6 is 11.3 Å². The molecule has 2 aromatic heterocycles. The minimum Gasteiger partial charge on any atom is -0.361 e. The van der Waals surface area contributed by atoms with Gasteiger partial charge in [0.1, 0.15) is 0 Å². The van der Waals surface area contributed by atoms with Gasteiger partial charge in [-0.2, -0.15) is 13.2 Å². The summed E-state index contributed by atoms with van der Waals surface area (Å²) in [7, 11) is 0. The van der Waals surface area contributed by atoms with Gasteiger partial charge in [0.2, 0.25) is 0 Å². The molecule has 4 rings (SSSR count). The van der Waals surface area contributed by atoms with Crippen LogP contribution in [0.15, 0.2) is 60.9 Å². The zero-order valence-corrected chi connectivity index (χ0v) is 16.1. The number of H-pyrrole nitrogens is 1. The molecule has 8 heteroatoms. The first-order valence-electron chi connectivity index (χ1n) is 9.07. The van der Waals surface area contributed by atoms with E-state index in [1.165, 1.54) is 23.5 Å². The third-order valence-electron chi connectivity index (χ3n) is 4.64. The molecule has 1 atom stereocenters. The van der Waals surface area contributed by atoms with E-state index < -0.39 is 11.7 Å². The quantitative estimate of drug-likeness (QED) is 0.400. The van der Waals surface area contributed by atoms with Gasteiger partial charge >= 0.3 is 6.18 Å². The Morgan fingerprint density at radius 2 is 1.90 bits per heavy atom. The standard InChI is InChI=1S/C21H19F3N4S/c22-21(23,24)16-4-1-13(2-5-16)9-17(25)11-27-20-28-12-19(29-20)15-3-6-18-14(10-15)7-8-26-18/h1-8,10,12,17,26H,9,11,25H2,(H,27,28)/t17-/m0/s1. The monoisotopic (exact) mass is 416 g/mol. The van der Waals surface area contributed by atoms with Crippen molar-refractivity contribution in [1.82, 2.24) is 9.97 Å². The van der Waals surface area contributed by atoms with Crippen molar-refractivity contribution in [3.05, 3.63) is 72.1 Å². The van der Waals surface area contributed by atoms with Crippen molar-refractivity contribution in [2.75, 3.05) is 11.9 Å². The number of aromatic nitrogens is 2. The number of benzene rings is 2. The summed E-state index contributed by atoms with van der Waals surface area (Å²) in [6, 6.07) is 13.1. The molecule has 0 saturated heterocycles. The molecule has 0 radical (unpaired) electrons. The Bertz CT molecular complexity index is 1100. The van der Waals surface area contributed by atoms with Gasteiger partial charge in [-0.1, -0.05) is 29.5 Å². The first kappa shape index (κ1) is 19.5. The summed E-state index contributed by atoms with van der Waals surface area (Å²) in [5.74, 6) is 0. The van der Waals surface area contributed by atoms with Crippen molar-refractivity contribution in [3.8, 4) is 10.4 Å². The number of rotatable bonds is 6. The lowest BCUT2D eigenvalue weighted by atomic mass is 10.0. The lowest BCUT2D eigenvalue weighted by Crippen LogP contribution is -2.31. The Morgan fingerprint density at radius 3 is 2.66 bits per heavy atom. The first-order chi connectivity index (χ1) is 13.9. The van der Waals surface area contributed by atoms with Crippen molar-refractivity contribution >= 4 is 27.4 Å². The number of nitrogens with zero attached hydrogens (tertiary/aromatic N) is 1. The van der Waals surface area contributed by atoms with E-state index in [2.05, 4.69) is 21.4 Å². The van der Waals surface area contributed by atoms with E-state index in [9.17, 15) is 13.2 Å². The van der Waals surface area contributed by atoms with Gasteiger partial charge in [0.15, 0.2) is 5.13 Å². The van der Waals surface area contributed by atoms with E-state index in [1.54, 1.807) is 0 Å². The van der Waals surface area contributed by atoms with Gasteiger partial charge in [0, 0.05) is 30.5 Å². The normalized spacial score (nSPS) is 13.0. The summed E-state index contributed by atoms with van der Waals surface area (Å²) in [6.07, 6.45) is -0.113. The fourth-order valence-corrected chi connectivity index (χ4v) is 3.94. The molecule has 4 nitrogen and oxygen atoms in total. The molecule has 29 heavy (non-hydrogen) atoms. The lowest BCUT2D eigenvalue weighted by Gasteiger charge is -2.13. The molecule has 4 aromatic rings. The molecule has 4 N–H and O–H groups in total. The van der Waals surface area contributed by atoms with Gasteiger partial charge < -0.3 is 16.0 Å². The molecule has 0 saturated carbocycles. The number of nitrogens with one attached hydrogen (secondary N) is 2. The van der Waals surface area contributed by atoms with E-state index in [-0.39, 0.29) is 6.04 Å². The van der Waals surface area contributed by atoms with Crippen LogP contribution in [-0.2, 0) is 12.6 Å². The SMILES string of the molecule is N[C@H](CNc1ncc(-c2ccc3[nH]ccc3c2)s1)Cc1ccc(C(F)(F)F)cc1. The van der Waals surface area contributed by atoms with Crippen LogP contribution in [0.2, 0.25) is 0 Å². The maximum Gasteiger partial charge on any atom is 0.416 e. The lowest BCUT2D eigenvalue weighted by molar-refractivity contribution is -0.137. The van der Waals surface area contributed by atoms with Gasteiger partial charge in [-0.3, -0.25) is 0 Å². The number of thiazole rings is 1. The summed E-state index contributed by atoms with van der Waals surface area (Å²) in [5, 5.41) is 5.12. The Hall–Kier alpha value is -2.84. The van der Waals surface area contributed by atoms with Crippen LogP contribution in [0.5, 0.6) is 0 Å². The Morgan fingerprint density at radius 1 is 1.10 bits per heavy atom. The number of aromatic amines is 1. The maximum absolute atomic E-state index is 12.6. The Balaban J connectivity index is 1.34. The van der Waals surface area contributed by atoms with Crippen LogP contribution in [0.25, 0.3) is 21.3 Å².